The molecule has 0 fully saturated rings. The Balaban J connectivity index is 1.96. The molecule has 0 saturated carbocycles. The van der Waals surface area contributed by atoms with Crippen LogP contribution in [0.15, 0.2) is 42.5 Å². The fourth-order valence-electron chi connectivity index (χ4n) is 3.09. The van der Waals surface area contributed by atoms with Gasteiger partial charge in [0.15, 0.2) is 0 Å². The van der Waals surface area contributed by atoms with E-state index in [2.05, 4.69) is 66.5 Å². The Bertz CT molecular complexity index is 617. The van der Waals surface area contributed by atoms with Crippen molar-refractivity contribution < 1.29 is 0 Å². The van der Waals surface area contributed by atoms with E-state index in [1.54, 1.807) is 0 Å². The van der Waals surface area contributed by atoms with E-state index in [0.717, 1.165) is 13.1 Å². The number of anilines is 2. The second-order valence-electron chi connectivity index (χ2n) is 5.76. The van der Waals surface area contributed by atoms with Crippen molar-refractivity contribution in [3.8, 4) is 0 Å². The fraction of sp³-hybridized carbons (Fsp3) is 0.333. The standard InChI is InChI=1S/C18H22N2/c1-13(2)15-8-4-5-10-18(15)20-11-14-7-6-9-17(19-3)16(14)12-20/h4-10,13,19H,11-12H2,1-3H3. The van der Waals surface area contributed by atoms with Gasteiger partial charge in [0.1, 0.15) is 0 Å². The third-order valence-electron chi connectivity index (χ3n) is 4.15. The van der Waals surface area contributed by atoms with E-state index in [0.29, 0.717) is 5.92 Å². The van der Waals surface area contributed by atoms with Crippen molar-refractivity contribution in [1.82, 2.24) is 0 Å². The van der Waals surface area contributed by atoms with Crippen LogP contribution in [0, 0.1) is 0 Å². The Labute approximate surface area is 121 Å². The highest BCUT2D eigenvalue weighted by Gasteiger charge is 2.23. The first-order valence-corrected chi connectivity index (χ1v) is 7.33. The van der Waals surface area contributed by atoms with Gasteiger partial charge in [-0.3, -0.25) is 0 Å². The maximum atomic E-state index is 3.31. The summed E-state index contributed by atoms with van der Waals surface area (Å²) in [6.07, 6.45) is 0. The first-order chi connectivity index (χ1) is 9.70. The monoisotopic (exact) mass is 266 g/mol. The molecule has 0 aromatic heterocycles. The third kappa shape index (κ3) is 2.15. The molecule has 0 saturated heterocycles. The van der Waals surface area contributed by atoms with Crippen LogP contribution in [-0.4, -0.2) is 7.05 Å². The number of nitrogens with one attached hydrogen (secondary N) is 1. The molecular weight excluding hydrogens is 244 g/mol. The highest BCUT2D eigenvalue weighted by atomic mass is 15.1. The maximum absolute atomic E-state index is 3.31. The Kier molecular flexibility index (Phi) is 3.39. The third-order valence-corrected chi connectivity index (χ3v) is 4.15. The van der Waals surface area contributed by atoms with Gasteiger partial charge in [0.05, 0.1) is 0 Å². The van der Waals surface area contributed by atoms with E-state index in [-0.39, 0.29) is 0 Å². The molecule has 2 heteroatoms. The topological polar surface area (TPSA) is 15.3 Å². The lowest BCUT2D eigenvalue weighted by atomic mass is 10.0. The summed E-state index contributed by atoms with van der Waals surface area (Å²) in [4.78, 5) is 2.49. The van der Waals surface area contributed by atoms with Crippen LogP contribution in [0.2, 0.25) is 0 Å². The lowest BCUT2D eigenvalue weighted by Crippen LogP contribution is -2.16. The maximum Gasteiger partial charge on any atom is 0.0457 e. The van der Waals surface area contributed by atoms with Crippen molar-refractivity contribution in [1.29, 1.82) is 0 Å². The summed E-state index contributed by atoms with van der Waals surface area (Å²) in [5, 5.41) is 3.31. The van der Waals surface area contributed by atoms with Crippen molar-refractivity contribution in [2.24, 2.45) is 0 Å². The molecular formula is C18H22N2. The van der Waals surface area contributed by atoms with Gasteiger partial charge < -0.3 is 10.2 Å². The van der Waals surface area contributed by atoms with Crippen LogP contribution in [0.4, 0.5) is 11.4 Å². The zero-order valence-electron chi connectivity index (χ0n) is 12.5. The van der Waals surface area contributed by atoms with Gasteiger partial charge in [-0.1, -0.05) is 44.2 Å². The summed E-state index contributed by atoms with van der Waals surface area (Å²) < 4.78 is 0. The van der Waals surface area contributed by atoms with Gasteiger partial charge in [-0.05, 0) is 34.7 Å². The lowest BCUT2D eigenvalue weighted by Gasteiger charge is -2.23. The molecule has 2 aromatic carbocycles. The Morgan fingerprint density at radius 2 is 1.80 bits per heavy atom. The second kappa shape index (κ2) is 5.20. The van der Waals surface area contributed by atoms with E-state index in [9.17, 15) is 0 Å². The largest absolute Gasteiger partial charge is 0.388 e. The molecule has 1 aliphatic heterocycles. The average molecular weight is 266 g/mol. The molecule has 1 aliphatic rings. The quantitative estimate of drug-likeness (QED) is 0.887. The average Bonchev–Trinajstić information content (AvgIpc) is 2.90. The van der Waals surface area contributed by atoms with Crippen LogP contribution < -0.4 is 10.2 Å². The SMILES string of the molecule is CNc1cccc2c1CN(c1ccccc1C(C)C)C2. The highest BCUT2D eigenvalue weighted by molar-refractivity contribution is 5.63. The summed E-state index contributed by atoms with van der Waals surface area (Å²) in [6, 6.07) is 15.3. The molecule has 2 nitrogen and oxygen atoms in total. The Morgan fingerprint density at radius 3 is 2.55 bits per heavy atom. The predicted octanol–water partition coefficient (Wildman–Crippen LogP) is 4.37. The molecule has 0 amide bonds. The van der Waals surface area contributed by atoms with Gasteiger partial charge in [0.2, 0.25) is 0 Å². The van der Waals surface area contributed by atoms with E-state index >= 15 is 0 Å². The minimum atomic E-state index is 0.554. The van der Waals surface area contributed by atoms with Gasteiger partial charge in [-0.15, -0.1) is 0 Å². The molecule has 1 heterocycles. The molecule has 0 bridgehead atoms. The summed E-state index contributed by atoms with van der Waals surface area (Å²) in [5.41, 5.74) is 6.95. The Morgan fingerprint density at radius 1 is 1.00 bits per heavy atom. The number of para-hydroxylation sites is 1. The van der Waals surface area contributed by atoms with Gasteiger partial charge in [0.25, 0.3) is 0 Å². The molecule has 1 N–H and O–H groups in total. The van der Waals surface area contributed by atoms with Crippen LogP contribution in [0.3, 0.4) is 0 Å². The molecule has 104 valence electrons. The molecule has 0 radical (unpaired) electrons. The Hall–Kier alpha value is -1.96. The molecule has 0 aliphatic carbocycles. The number of fused-ring (bicyclic) bond motifs is 1. The van der Waals surface area contributed by atoms with E-state index in [4.69, 9.17) is 0 Å². The predicted molar refractivity (Wildman–Crippen MR) is 86.4 cm³/mol. The zero-order valence-corrected chi connectivity index (χ0v) is 12.5. The summed E-state index contributed by atoms with van der Waals surface area (Å²) in [5.74, 6) is 0.554. The van der Waals surface area contributed by atoms with Gasteiger partial charge in [-0.2, -0.15) is 0 Å². The number of hydrogen-bond acceptors (Lipinski definition) is 2. The van der Waals surface area contributed by atoms with Crippen LogP contribution in [0.5, 0.6) is 0 Å². The van der Waals surface area contributed by atoms with Crippen LogP contribution in [-0.2, 0) is 13.1 Å². The van der Waals surface area contributed by atoms with Crippen LogP contribution in [0.1, 0.15) is 36.5 Å². The number of benzene rings is 2. The van der Waals surface area contributed by atoms with Crippen molar-refractivity contribution in [2.45, 2.75) is 32.9 Å². The van der Waals surface area contributed by atoms with Crippen molar-refractivity contribution in [3.63, 3.8) is 0 Å². The number of nitrogens with zero attached hydrogens (tertiary/aromatic N) is 1. The van der Waals surface area contributed by atoms with E-state index < -0.39 is 0 Å². The van der Waals surface area contributed by atoms with Crippen LogP contribution in [0.25, 0.3) is 0 Å². The first-order valence-electron chi connectivity index (χ1n) is 7.33. The van der Waals surface area contributed by atoms with E-state index in [1.807, 2.05) is 7.05 Å². The first kappa shape index (κ1) is 13.0. The van der Waals surface area contributed by atoms with Gasteiger partial charge >= 0.3 is 0 Å². The van der Waals surface area contributed by atoms with E-state index in [1.165, 1.54) is 28.1 Å². The van der Waals surface area contributed by atoms with Gasteiger partial charge in [-0.25, -0.2) is 0 Å². The minimum Gasteiger partial charge on any atom is -0.388 e. The fourth-order valence-corrected chi connectivity index (χ4v) is 3.09. The molecule has 3 rings (SSSR count). The molecule has 0 spiro atoms. The molecule has 2 aromatic rings. The van der Waals surface area contributed by atoms with Gasteiger partial charge in [0, 0.05) is 31.5 Å². The summed E-state index contributed by atoms with van der Waals surface area (Å²) >= 11 is 0. The normalized spacial score (nSPS) is 13.7. The summed E-state index contributed by atoms with van der Waals surface area (Å²) in [6.45, 7) is 6.53. The lowest BCUT2D eigenvalue weighted by molar-refractivity contribution is 0.820. The van der Waals surface area contributed by atoms with Crippen molar-refractivity contribution in [2.75, 3.05) is 17.3 Å². The minimum absolute atomic E-state index is 0.554. The number of rotatable bonds is 3. The molecule has 20 heavy (non-hydrogen) atoms. The summed E-state index contributed by atoms with van der Waals surface area (Å²) in [7, 11) is 2.00. The zero-order chi connectivity index (χ0) is 14.1. The molecule has 0 atom stereocenters. The molecule has 0 unspecified atom stereocenters. The number of hydrogen-bond donors (Lipinski definition) is 1. The highest BCUT2D eigenvalue weighted by Crippen LogP contribution is 2.36. The smallest absolute Gasteiger partial charge is 0.0457 e. The second-order valence-corrected chi connectivity index (χ2v) is 5.76. The van der Waals surface area contributed by atoms with Crippen molar-refractivity contribution >= 4 is 11.4 Å². The van der Waals surface area contributed by atoms with Crippen LogP contribution >= 0.6 is 0 Å². The van der Waals surface area contributed by atoms with Crippen molar-refractivity contribution in [3.05, 3.63) is 59.2 Å².